The number of imidazole rings is 1. The Kier molecular flexibility index (Phi) is 6.70. The summed E-state index contributed by atoms with van der Waals surface area (Å²) in [6.07, 6.45) is 11.2. The van der Waals surface area contributed by atoms with Gasteiger partial charge in [-0.2, -0.15) is 0 Å². The summed E-state index contributed by atoms with van der Waals surface area (Å²) < 4.78 is 4.88. The van der Waals surface area contributed by atoms with Gasteiger partial charge in [0.05, 0.1) is 36.3 Å². The molecule has 1 atom stereocenters. The first-order valence-corrected chi connectivity index (χ1v) is 11.4. The van der Waals surface area contributed by atoms with E-state index in [1.807, 2.05) is 12.1 Å². The number of carbonyl (C=O) groups excluding carboxylic acids is 2. The molecule has 0 spiro atoms. The molecule has 0 bridgehead atoms. The van der Waals surface area contributed by atoms with Gasteiger partial charge in [-0.15, -0.1) is 0 Å². The highest BCUT2D eigenvalue weighted by Crippen LogP contribution is 2.38. The normalized spacial score (nSPS) is 23.8. The average molecular weight is 412 g/mol. The van der Waals surface area contributed by atoms with Crippen molar-refractivity contribution in [3.05, 3.63) is 30.1 Å². The quantitative estimate of drug-likeness (QED) is 0.693. The monoisotopic (exact) mass is 411 g/mol. The molecule has 4 rings (SSSR count). The third-order valence-corrected chi connectivity index (χ3v) is 7.17. The lowest BCUT2D eigenvalue weighted by molar-refractivity contribution is -0.146. The van der Waals surface area contributed by atoms with Gasteiger partial charge in [-0.25, -0.2) is 4.98 Å². The van der Waals surface area contributed by atoms with E-state index in [9.17, 15) is 9.59 Å². The Morgan fingerprint density at radius 3 is 2.63 bits per heavy atom. The number of amides is 1. The second-order valence-electron chi connectivity index (χ2n) is 9.01. The first-order valence-electron chi connectivity index (χ1n) is 11.4. The minimum Gasteiger partial charge on any atom is -0.469 e. The number of H-pyrrole nitrogens is 1. The SMILES string of the molecule is COC(=O)C1CCC(CNC(=O)C(c2cccc3[nH]cnc23)C2CCCCC2)CC1. The fourth-order valence-electron chi connectivity index (χ4n) is 5.44. The number of benzene rings is 1. The summed E-state index contributed by atoms with van der Waals surface area (Å²) in [4.78, 5) is 32.9. The Labute approximate surface area is 178 Å². The highest BCUT2D eigenvalue weighted by molar-refractivity contribution is 5.90. The van der Waals surface area contributed by atoms with Crippen LogP contribution in [0, 0.1) is 17.8 Å². The van der Waals surface area contributed by atoms with Crippen LogP contribution in [0.5, 0.6) is 0 Å². The molecule has 1 unspecified atom stereocenters. The van der Waals surface area contributed by atoms with Crippen LogP contribution in [0.3, 0.4) is 0 Å². The number of rotatable bonds is 6. The van der Waals surface area contributed by atoms with Crippen LogP contribution < -0.4 is 5.32 Å². The molecule has 0 saturated heterocycles. The van der Waals surface area contributed by atoms with Gasteiger partial charge in [0.25, 0.3) is 0 Å². The van der Waals surface area contributed by atoms with Gasteiger partial charge in [0.2, 0.25) is 5.91 Å². The number of hydrogen-bond donors (Lipinski definition) is 2. The van der Waals surface area contributed by atoms with Crippen molar-refractivity contribution in [3.63, 3.8) is 0 Å². The van der Waals surface area contributed by atoms with Crippen LogP contribution in [0.1, 0.15) is 69.3 Å². The van der Waals surface area contributed by atoms with Crippen molar-refractivity contribution < 1.29 is 14.3 Å². The smallest absolute Gasteiger partial charge is 0.308 e. The van der Waals surface area contributed by atoms with Crippen LogP contribution in [0.25, 0.3) is 11.0 Å². The van der Waals surface area contributed by atoms with Crippen LogP contribution in [0.15, 0.2) is 24.5 Å². The Hall–Kier alpha value is -2.37. The van der Waals surface area contributed by atoms with Gasteiger partial charge in [0, 0.05) is 6.54 Å². The van der Waals surface area contributed by atoms with Crippen molar-refractivity contribution >= 4 is 22.9 Å². The van der Waals surface area contributed by atoms with E-state index in [-0.39, 0.29) is 23.7 Å². The molecule has 1 aromatic heterocycles. The molecule has 2 saturated carbocycles. The van der Waals surface area contributed by atoms with E-state index in [2.05, 4.69) is 21.4 Å². The third kappa shape index (κ3) is 4.52. The maximum absolute atomic E-state index is 13.4. The predicted molar refractivity (Wildman–Crippen MR) is 116 cm³/mol. The lowest BCUT2D eigenvalue weighted by atomic mass is 9.75. The van der Waals surface area contributed by atoms with Crippen molar-refractivity contribution in [2.75, 3.05) is 13.7 Å². The molecule has 2 aromatic rings. The molecule has 0 aliphatic heterocycles. The zero-order chi connectivity index (χ0) is 20.9. The van der Waals surface area contributed by atoms with Crippen molar-refractivity contribution in [3.8, 4) is 0 Å². The second kappa shape index (κ2) is 9.63. The molecule has 0 radical (unpaired) electrons. The Morgan fingerprint density at radius 1 is 1.13 bits per heavy atom. The van der Waals surface area contributed by atoms with Gasteiger partial charge in [-0.1, -0.05) is 31.4 Å². The van der Waals surface area contributed by atoms with Crippen molar-refractivity contribution in [1.29, 1.82) is 0 Å². The van der Waals surface area contributed by atoms with Crippen molar-refractivity contribution in [1.82, 2.24) is 15.3 Å². The van der Waals surface area contributed by atoms with Gasteiger partial charge in [-0.3, -0.25) is 9.59 Å². The Bertz CT molecular complexity index is 863. The average Bonchev–Trinajstić information content (AvgIpc) is 3.28. The van der Waals surface area contributed by atoms with E-state index < -0.39 is 0 Å². The summed E-state index contributed by atoms with van der Waals surface area (Å²) in [5.41, 5.74) is 2.96. The fourth-order valence-corrected chi connectivity index (χ4v) is 5.44. The van der Waals surface area contributed by atoms with E-state index in [0.29, 0.717) is 18.4 Å². The first-order chi connectivity index (χ1) is 14.7. The number of methoxy groups -OCH3 is 1. The van der Waals surface area contributed by atoms with E-state index in [0.717, 1.165) is 55.1 Å². The van der Waals surface area contributed by atoms with Crippen LogP contribution >= 0.6 is 0 Å². The number of nitrogens with one attached hydrogen (secondary N) is 2. The highest BCUT2D eigenvalue weighted by Gasteiger charge is 2.33. The molecule has 2 N–H and O–H groups in total. The zero-order valence-corrected chi connectivity index (χ0v) is 17.9. The van der Waals surface area contributed by atoms with E-state index in [1.54, 1.807) is 6.33 Å². The van der Waals surface area contributed by atoms with E-state index >= 15 is 0 Å². The number of carbonyl (C=O) groups is 2. The fraction of sp³-hybridized carbons (Fsp3) is 0.625. The molecular formula is C24H33N3O3. The van der Waals surface area contributed by atoms with Crippen molar-refractivity contribution in [2.24, 2.45) is 17.8 Å². The van der Waals surface area contributed by atoms with E-state index in [4.69, 9.17) is 4.74 Å². The molecule has 2 fully saturated rings. The van der Waals surface area contributed by atoms with Gasteiger partial charge in [-0.05, 0) is 62.0 Å². The number of aromatic nitrogens is 2. The van der Waals surface area contributed by atoms with Crippen molar-refractivity contribution in [2.45, 2.75) is 63.7 Å². The number of esters is 1. The number of hydrogen-bond acceptors (Lipinski definition) is 4. The number of aromatic amines is 1. The largest absolute Gasteiger partial charge is 0.469 e. The Balaban J connectivity index is 1.44. The summed E-state index contributed by atoms with van der Waals surface area (Å²) in [5.74, 6) is 0.714. The van der Waals surface area contributed by atoms with Gasteiger partial charge < -0.3 is 15.0 Å². The molecule has 1 heterocycles. The number of nitrogens with zero attached hydrogens (tertiary/aromatic N) is 1. The number of fused-ring (bicyclic) bond motifs is 1. The molecule has 1 amide bonds. The first kappa shape index (κ1) is 20.9. The molecule has 6 nitrogen and oxygen atoms in total. The number of ether oxygens (including phenoxy) is 1. The Morgan fingerprint density at radius 2 is 1.90 bits per heavy atom. The van der Waals surface area contributed by atoms with Crippen LogP contribution in [0.2, 0.25) is 0 Å². The maximum atomic E-state index is 13.4. The summed E-state index contributed by atoms with van der Waals surface area (Å²) >= 11 is 0. The van der Waals surface area contributed by atoms with Crippen LogP contribution in [-0.2, 0) is 14.3 Å². The van der Waals surface area contributed by atoms with Gasteiger partial charge in [0.1, 0.15) is 0 Å². The van der Waals surface area contributed by atoms with Gasteiger partial charge in [0.15, 0.2) is 0 Å². The summed E-state index contributed by atoms with van der Waals surface area (Å²) in [6.45, 7) is 0.687. The van der Waals surface area contributed by atoms with Gasteiger partial charge >= 0.3 is 5.97 Å². The molecule has 2 aliphatic rings. The topological polar surface area (TPSA) is 84.1 Å². The lowest BCUT2D eigenvalue weighted by Crippen LogP contribution is -2.38. The van der Waals surface area contributed by atoms with Crippen LogP contribution in [0.4, 0.5) is 0 Å². The lowest BCUT2D eigenvalue weighted by Gasteiger charge is -2.31. The predicted octanol–water partition coefficient (Wildman–Crippen LogP) is 4.32. The zero-order valence-electron chi connectivity index (χ0n) is 17.9. The molecule has 2 aliphatic carbocycles. The summed E-state index contributed by atoms with van der Waals surface area (Å²) in [7, 11) is 1.46. The summed E-state index contributed by atoms with van der Waals surface area (Å²) in [6, 6.07) is 6.11. The minimum atomic E-state index is -0.149. The second-order valence-corrected chi connectivity index (χ2v) is 9.01. The minimum absolute atomic E-state index is 0.0224. The molecule has 162 valence electrons. The standard InChI is InChI=1S/C24H33N3O3/c1-30-24(29)18-12-10-16(11-13-18)14-25-23(28)21(17-6-3-2-4-7-17)19-8-5-9-20-22(19)27-15-26-20/h5,8-9,15-18,21H,2-4,6-7,10-14H2,1H3,(H,25,28)(H,26,27). The number of para-hydroxylation sites is 1. The van der Waals surface area contributed by atoms with Crippen LogP contribution in [-0.4, -0.2) is 35.5 Å². The van der Waals surface area contributed by atoms with E-state index in [1.165, 1.54) is 26.4 Å². The molecular weight excluding hydrogens is 378 g/mol. The molecule has 6 heteroatoms. The molecule has 1 aromatic carbocycles. The summed E-state index contributed by atoms with van der Waals surface area (Å²) in [5, 5.41) is 3.27. The highest BCUT2D eigenvalue weighted by atomic mass is 16.5. The maximum Gasteiger partial charge on any atom is 0.308 e. The third-order valence-electron chi connectivity index (χ3n) is 7.17. The molecule has 30 heavy (non-hydrogen) atoms.